The van der Waals surface area contributed by atoms with Gasteiger partial charge in [-0.15, -0.1) is 0 Å². The van der Waals surface area contributed by atoms with Gasteiger partial charge in [-0.05, 0) is 55.0 Å². The van der Waals surface area contributed by atoms with Crippen molar-refractivity contribution in [3.8, 4) is 45.8 Å². The van der Waals surface area contributed by atoms with Gasteiger partial charge in [0.2, 0.25) is 23.8 Å². The number of methoxy groups -OCH3 is 1. The Hall–Kier alpha value is -5.84. The number of ether oxygens (including phenoxy) is 10. The second-order valence-corrected chi connectivity index (χ2v) is 18.4. The number of benzene rings is 3. The van der Waals surface area contributed by atoms with Crippen LogP contribution >= 0.6 is 0 Å². The van der Waals surface area contributed by atoms with Crippen molar-refractivity contribution in [3.63, 3.8) is 0 Å². The Morgan fingerprint density at radius 2 is 1.23 bits per heavy atom. The van der Waals surface area contributed by atoms with Crippen LogP contribution in [0.3, 0.4) is 0 Å². The third-order valence-corrected chi connectivity index (χ3v) is 13.2. The first-order valence-corrected chi connectivity index (χ1v) is 23.8. The van der Waals surface area contributed by atoms with Crippen molar-refractivity contribution in [1.29, 1.82) is 0 Å². The lowest BCUT2D eigenvalue weighted by atomic mass is 9.97. The summed E-state index contributed by atoms with van der Waals surface area (Å²) in [6, 6.07) is 11.0. The van der Waals surface area contributed by atoms with Crippen molar-refractivity contribution >= 4 is 23.0 Å². The molecule has 20 atom stereocenters. The molecule has 4 saturated heterocycles. The first kappa shape index (κ1) is 57.3. The van der Waals surface area contributed by atoms with Gasteiger partial charge in [0.05, 0.1) is 33.0 Å². The molecule has 20 unspecified atom stereocenters. The lowest BCUT2D eigenvalue weighted by Gasteiger charge is -2.46. The number of hydrogen-bond acceptors (Lipinski definition) is 28. The number of aliphatic hydroxyl groups is 12. The fraction of sp³-hybridized carbons (Fsp3) is 0.510. The lowest BCUT2D eigenvalue weighted by molar-refractivity contribution is -0.358. The average Bonchev–Trinajstić information content (AvgIpc) is 3.41. The molecule has 0 spiro atoms. The maximum absolute atomic E-state index is 14.5. The van der Waals surface area contributed by atoms with Crippen LogP contribution in [0.25, 0.3) is 28.4 Å². The summed E-state index contributed by atoms with van der Waals surface area (Å²) in [6.07, 6.45) is -33.9. The highest BCUT2D eigenvalue weighted by atomic mass is 16.8. The molecule has 0 saturated carbocycles. The monoisotopic (exact) mass is 1090 g/mol. The molecule has 4 aliphatic heterocycles. The van der Waals surface area contributed by atoms with Gasteiger partial charge in [0.25, 0.3) is 0 Å². The SMILES string of the molecule is COc1cc(C=CC(=O)OC2C(OC3C(Oc4cc(O)c5c(=O)c(OC6OC(COC7OC(C)C(O)C(O)C7O)C(O)C(O)C6O)c(-c6ccc(O)cc6)oc5c4)OC(CO)C(O)C3O)OC(CO)C(O)C2O)ccc1O. The van der Waals surface area contributed by atoms with Crippen LogP contribution < -0.4 is 19.6 Å². The van der Waals surface area contributed by atoms with E-state index in [1.165, 1.54) is 62.6 Å². The lowest BCUT2D eigenvalue weighted by Crippen LogP contribution is -2.65. The minimum absolute atomic E-state index is 0.0194. The van der Waals surface area contributed by atoms with Crippen molar-refractivity contribution in [1.82, 2.24) is 0 Å². The zero-order valence-corrected chi connectivity index (χ0v) is 40.5. The smallest absolute Gasteiger partial charge is 0.331 e. The largest absolute Gasteiger partial charge is 0.508 e. The summed E-state index contributed by atoms with van der Waals surface area (Å²) in [5, 5.41) is 159. The van der Waals surface area contributed by atoms with Crippen molar-refractivity contribution in [2.75, 3.05) is 26.9 Å². The van der Waals surface area contributed by atoms with Gasteiger partial charge in [-0.1, -0.05) is 6.07 Å². The Bertz CT molecular complexity index is 2750. The maximum atomic E-state index is 14.5. The van der Waals surface area contributed by atoms with E-state index in [4.69, 9.17) is 51.8 Å². The van der Waals surface area contributed by atoms with E-state index in [0.717, 1.165) is 18.2 Å². The van der Waals surface area contributed by atoms with E-state index >= 15 is 0 Å². The van der Waals surface area contributed by atoms with Crippen molar-refractivity contribution in [2.45, 2.75) is 130 Å². The van der Waals surface area contributed by atoms with Gasteiger partial charge in [-0.25, -0.2) is 4.79 Å². The van der Waals surface area contributed by atoms with E-state index in [1.54, 1.807) is 0 Å². The molecule has 28 heteroatoms. The van der Waals surface area contributed by atoms with Crippen LogP contribution in [0.15, 0.2) is 69.9 Å². The van der Waals surface area contributed by atoms with Gasteiger partial charge in [0.15, 0.2) is 42.0 Å². The molecule has 0 aliphatic carbocycles. The number of fused-ring (bicyclic) bond motifs is 1. The molecule has 0 radical (unpaired) electrons. The molecule has 5 heterocycles. The molecule has 28 nitrogen and oxygen atoms in total. The van der Waals surface area contributed by atoms with Crippen LogP contribution in [0.1, 0.15) is 12.5 Å². The zero-order chi connectivity index (χ0) is 55.7. The van der Waals surface area contributed by atoms with Crippen LogP contribution in [0, 0.1) is 0 Å². The van der Waals surface area contributed by atoms with Gasteiger partial charge in [-0.2, -0.15) is 0 Å². The van der Waals surface area contributed by atoms with Crippen LogP contribution in [0.5, 0.6) is 34.5 Å². The van der Waals surface area contributed by atoms with Crippen molar-refractivity contribution in [2.24, 2.45) is 0 Å². The van der Waals surface area contributed by atoms with E-state index in [2.05, 4.69) is 0 Å². The Morgan fingerprint density at radius 1 is 0.623 bits per heavy atom. The Balaban J connectivity index is 1.09. The molecule has 4 aliphatic rings. The number of phenolic OH excluding ortho intramolecular Hbond substituents is 3. The quantitative estimate of drug-likeness (QED) is 0.0374. The molecule has 3 aromatic carbocycles. The van der Waals surface area contributed by atoms with Crippen molar-refractivity contribution < 1.29 is 133 Å². The third-order valence-electron chi connectivity index (χ3n) is 13.2. The van der Waals surface area contributed by atoms with Gasteiger partial charge in [0.1, 0.15) is 108 Å². The Labute approximate surface area is 434 Å². The molecule has 4 fully saturated rings. The van der Waals surface area contributed by atoms with Gasteiger partial charge in [-0.3, -0.25) is 4.79 Å². The minimum atomic E-state index is -2.09. The number of aliphatic hydroxyl groups excluding tert-OH is 12. The topological polar surface area (TPSA) is 443 Å². The fourth-order valence-corrected chi connectivity index (χ4v) is 8.86. The Kier molecular flexibility index (Phi) is 17.9. The van der Waals surface area contributed by atoms with Crippen LogP contribution in [-0.2, 0) is 38.0 Å². The van der Waals surface area contributed by atoms with E-state index in [9.17, 15) is 86.2 Å². The number of hydrogen-bond donors (Lipinski definition) is 15. The average molecular weight is 1090 g/mol. The van der Waals surface area contributed by atoms with Crippen LogP contribution in [-0.4, -0.2) is 232 Å². The first-order chi connectivity index (χ1) is 36.6. The molecular weight excluding hydrogens is 1040 g/mol. The number of carbonyl (C=O) groups excluding carboxylic acids is 1. The molecule has 1 aromatic heterocycles. The zero-order valence-electron chi connectivity index (χ0n) is 40.5. The van der Waals surface area contributed by atoms with Gasteiger partial charge >= 0.3 is 5.97 Å². The highest BCUT2D eigenvalue weighted by Gasteiger charge is 2.53. The molecule has 0 bridgehead atoms. The summed E-state index contributed by atoms with van der Waals surface area (Å²) >= 11 is 0. The molecule has 0 amide bonds. The molecule has 422 valence electrons. The summed E-state index contributed by atoms with van der Waals surface area (Å²) in [4.78, 5) is 27.7. The van der Waals surface area contributed by atoms with Crippen LogP contribution in [0.2, 0.25) is 0 Å². The summed E-state index contributed by atoms with van der Waals surface area (Å²) in [5.74, 6) is -4.02. The predicted molar refractivity (Wildman–Crippen MR) is 251 cm³/mol. The van der Waals surface area contributed by atoms with Crippen molar-refractivity contribution in [3.05, 3.63) is 76.5 Å². The second kappa shape index (κ2) is 24.0. The maximum Gasteiger partial charge on any atom is 0.331 e. The number of phenols is 3. The minimum Gasteiger partial charge on any atom is -0.508 e. The fourth-order valence-electron chi connectivity index (χ4n) is 8.86. The van der Waals surface area contributed by atoms with Gasteiger partial charge in [0, 0.05) is 23.8 Å². The summed E-state index contributed by atoms with van der Waals surface area (Å²) < 4.78 is 62.7. The number of rotatable bonds is 16. The summed E-state index contributed by atoms with van der Waals surface area (Å²) in [7, 11) is 1.30. The number of carbonyl (C=O) groups is 1. The molecular formula is C49H58O28. The molecule has 77 heavy (non-hydrogen) atoms. The van der Waals surface area contributed by atoms with E-state index in [0.29, 0.717) is 5.56 Å². The number of esters is 1. The third kappa shape index (κ3) is 11.9. The highest BCUT2D eigenvalue weighted by Crippen LogP contribution is 2.40. The second-order valence-electron chi connectivity index (χ2n) is 18.4. The predicted octanol–water partition coefficient (Wildman–Crippen LogP) is -4.12. The number of aromatic hydroxyl groups is 3. The summed E-state index contributed by atoms with van der Waals surface area (Å²) in [5.41, 5.74) is -1.24. The van der Waals surface area contributed by atoms with E-state index in [-0.39, 0.29) is 22.8 Å². The normalized spacial score (nSPS) is 35.7. The highest BCUT2D eigenvalue weighted by molar-refractivity contribution is 5.89. The molecule has 8 rings (SSSR count). The van der Waals surface area contributed by atoms with E-state index in [1.807, 2.05) is 0 Å². The molecule has 15 N–H and O–H groups in total. The van der Waals surface area contributed by atoms with Crippen LogP contribution in [0.4, 0.5) is 0 Å². The Morgan fingerprint density at radius 3 is 1.90 bits per heavy atom. The standard InChI is InChI=1S/C49H58O28/c1-17-31(56)36(61)40(65)46(69-17)68-16-28-34(59)37(62)41(66)47(74-28)76-43-35(60)30-23(54)12-21(13-25(30)71-42(43)19-5-7-20(52)8-6-19)70-48-45(39(64)33(58)26(14-50)72-48)77-49-44(38(63)32(57)27(15-51)73-49)75-29(55)10-4-18-3-9-22(53)24(11-18)67-2/h3-13,17,26-28,31-34,36-41,44-54,56-59,61-66H,14-16H2,1-2H3. The summed E-state index contributed by atoms with van der Waals surface area (Å²) in [6.45, 7) is -1.14. The van der Waals surface area contributed by atoms with E-state index < -0.39 is 188 Å². The molecule has 4 aromatic rings. The van der Waals surface area contributed by atoms with Gasteiger partial charge < -0.3 is 128 Å². The first-order valence-electron chi connectivity index (χ1n) is 23.8.